The highest BCUT2D eigenvalue weighted by Gasteiger charge is 2.31. The molecule has 0 aromatic heterocycles. The maximum absolute atomic E-state index is 12.4. The third-order valence-electron chi connectivity index (χ3n) is 5.03. The average molecular weight is 296 g/mol. The molecule has 0 aromatic rings. The van der Waals surface area contributed by atoms with Crippen molar-refractivity contribution in [3.05, 3.63) is 0 Å². The number of amides is 2. The zero-order valence-electron chi connectivity index (χ0n) is 13.1. The fourth-order valence-electron chi connectivity index (χ4n) is 3.55. The molecule has 1 saturated heterocycles. The molecule has 1 aliphatic carbocycles. The molecule has 2 N–H and O–H groups in total. The van der Waals surface area contributed by atoms with E-state index in [2.05, 4.69) is 12.2 Å². The minimum absolute atomic E-state index is 0.0323. The summed E-state index contributed by atoms with van der Waals surface area (Å²) in [5, 5.41) is 11.9. The summed E-state index contributed by atoms with van der Waals surface area (Å²) in [7, 11) is 0. The van der Waals surface area contributed by atoms with E-state index in [1.54, 1.807) is 0 Å². The largest absolute Gasteiger partial charge is 0.481 e. The highest BCUT2D eigenvalue weighted by atomic mass is 16.4. The standard InChI is InChI=1S/C16H28N2O3/c1-16(9-3-2-4-10-16)17-15(21)18-11-7-13(8-12-18)5-6-14(19)20/h13H,2-12H2,1H3,(H,17,21)(H,19,20). The molecule has 0 bridgehead atoms. The molecule has 1 aliphatic heterocycles. The molecule has 2 aliphatic rings. The maximum atomic E-state index is 12.4. The van der Waals surface area contributed by atoms with Gasteiger partial charge in [-0.3, -0.25) is 4.79 Å². The van der Waals surface area contributed by atoms with Gasteiger partial charge in [-0.05, 0) is 44.9 Å². The second kappa shape index (κ2) is 7.14. The molecule has 0 spiro atoms. The Labute approximate surface area is 127 Å². The van der Waals surface area contributed by atoms with Gasteiger partial charge in [-0.1, -0.05) is 19.3 Å². The molecule has 5 heteroatoms. The lowest BCUT2D eigenvalue weighted by molar-refractivity contribution is -0.137. The Hall–Kier alpha value is -1.26. The highest BCUT2D eigenvalue weighted by Crippen LogP contribution is 2.28. The number of carbonyl (C=O) groups excluding carboxylic acids is 1. The van der Waals surface area contributed by atoms with Crippen molar-refractivity contribution >= 4 is 12.0 Å². The SMILES string of the molecule is CC1(NC(=O)N2CCC(CCC(=O)O)CC2)CCCCC1. The van der Waals surface area contributed by atoms with Crippen molar-refractivity contribution in [2.24, 2.45) is 5.92 Å². The van der Waals surface area contributed by atoms with Crippen molar-refractivity contribution in [1.29, 1.82) is 0 Å². The average Bonchev–Trinajstić information content (AvgIpc) is 2.46. The minimum atomic E-state index is -0.722. The van der Waals surface area contributed by atoms with Crippen molar-refractivity contribution in [3.63, 3.8) is 0 Å². The van der Waals surface area contributed by atoms with Crippen LogP contribution in [0.3, 0.4) is 0 Å². The zero-order valence-corrected chi connectivity index (χ0v) is 13.1. The Bertz CT molecular complexity index is 370. The van der Waals surface area contributed by atoms with Gasteiger partial charge in [0.1, 0.15) is 0 Å². The number of hydrogen-bond acceptors (Lipinski definition) is 2. The summed E-state index contributed by atoms with van der Waals surface area (Å²) in [5.41, 5.74) is -0.0323. The van der Waals surface area contributed by atoms with Gasteiger partial charge in [0, 0.05) is 25.0 Å². The molecular weight excluding hydrogens is 268 g/mol. The van der Waals surface area contributed by atoms with Gasteiger partial charge in [0.05, 0.1) is 0 Å². The van der Waals surface area contributed by atoms with Crippen LogP contribution in [0, 0.1) is 5.92 Å². The van der Waals surface area contributed by atoms with E-state index < -0.39 is 5.97 Å². The monoisotopic (exact) mass is 296 g/mol. The Morgan fingerprint density at radius 1 is 1.19 bits per heavy atom. The number of piperidine rings is 1. The van der Waals surface area contributed by atoms with Gasteiger partial charge in [-0.25, -0.2) is 4.79 Å². The first-order valence-electron chi connectivity index (χ1n) is 8.27. The van der Waals surface area contributed by atoms with Crippen molar-refractivity contribution in [1.82, 2.24) is 10.2 Å². The normalized spacial score (nSPS) is 22.8. The number of hydrogen-bond donors (Lipinski definition) is 2. The van der Waals surface area contributed by atoms with Crippen LogP contribution in [0.2, 0.25) is 0 Å². The van der Waals surface area contributed by atoms with Gasteiger partial charge in [0.2, 0.25) is 0 Å². The number of aliphatic carboxylic acids is 1. The lowest BCUT2D eigenvalue weighted by Crippen LogP contribution is -2.54. The lowest BCUT2D eigenvalue weighted by atomic mass is 9.83. The Morgan fingerprint density at radius 3 is 2.38 bits per heavy atom. The fourth-order valence-corrected chi connectivity index (χ4v) is 3.55. The van der Waals surface area contributed by atoms with Gasteiger partial charge in [0.15, 0.2) is 0 Å². The first kappa shape index (κ1) is 16.1. The molecule has 21 heavy (non-hydrogen) atoms. The van der Waals surface area contributed by atoms with E-state index in [1.165, 1.54) is 19.3 Å². The molecule has 0 atom stereocenters. The Balaban J connectivity index is 1.73. The molecule has 5 nitrogen and oxygen atoms in total. The van der Waals surface area contributed by atoms with Gasteiger partial charge >= 0.3 is 12.0 Å². The number of nitrogens with zero attached hydrogens (tertiary/aromatic N) is 1. The molecular formula is C16H28N2O3. The first-order valence-corrected chi connectivity index (χ1v) is 8.27. The van der Waals surface area contributed by atoms with Crippen LogP contribution in [0.4, 0.5) is 4.79 Å². The van der Waals surface area contributed by atoms with Crippen LogP contribution in [-0.4, -0.2) is 40.6 Å². The van der Waals surface area contributed by atoms with Crippen LogP contribution >= 0.6 is 0 Å². The second-order valence-electron chi connectivity index (χ2n) is 6.91. The Kier molecular flexibility index (Phi) is 5.48. The summed E-state index contributed by atoms with van der Waals surface area (Å²) in [6.45, 7) is 3.67. The molecule has 120 valence electrons. The Morgan fingerprint density at radius 2 is 1.81 bits per heavy atom. The van der Waals surface area contributed by atoms with Crippen molar-refractivity contribution in [2.75, 3.05) is 13.1 Å². The number of nitrogens with one attached hydrogen (secondary N) is 1. The first-order chi connectivity index (χ1) is 9.98. The van der Waals surface area contributed by atoms with E-state index >= 15 is 0 Å². The van der Waals surface area contributed by atoms with Crippen molar-refractivity contribution in [2.45, 2.75) is 70.3 Å². The van der Waals surface area contributed by atoms with Gasteiger partial charge in [-0.2, -0.15) is 0 Å². The van der Waals surface area contributed by atoms with Crippen LogP contribution in [-0.2, 0) is 4.79 Å². The van der Waals surface area contributed by atoms with E-state index in [1.807, 2.05) is 4.90 Å². The van der Waals surface area contributed by atoms with E-state index in [9.17, 15) is 9.59 Å². The predicted molar refractivity (Wildman–Crippen MR) is 81.2 cm³/mol. The van der Waals surface area contributed by atoms with E-state index in [0.717, 1.165) is 45.2 Å². The van der Waals surface area contributed by atoms with Crippen molar-refractivity contribution < 1.29 is 14.7 Å². The predicted octanol–water partition coefficient (Wildman–Crippen LogP) is 3.00. The van der Waals surface area contributed by atoms with Crippen LogP contribution in [0.25, 0.3) is 0 Å². The zero-order chi connectivity index (χ0) is 15.3. The molecule has 2 rings (SSSR count). The van der Waals surface area contributed by atoms with E-state index in [0.29, 0.717) is 5.92 Å². The lowest BCUT2D eigenvalue weighted by Gasteiger charge is -2.38. The number of carboxylic acids is 1. The van der Waals surface area contributed by atoms with Crippen LogP contribution < -0.4 is 5.32 Å². The summed E-state index contributed by atoms with van der Waals surface area (Å²) in [4.78, 5) is 24.9. The van der Waals surface area contributed by atoms with Crippen LogP contribution in [0.5, 0.6) is 0 Å². The number of rotatable bonds is 4. The smallest absolute Gasteiger partial charge is 0.317 e. The maximum Gasteiger partial charge on any atom is 0.317 e. The number of urea groups is 1. The highest BCUT2D eigenvalue weighted by molar-refractivity contribution is 5.75. The van der Waals surface area contributed by atoms with Crippen LogP contribution in [0.15, 0.2) is 0 Å². The molecule has 2 fully saturated rings. The quantitative estimate of drug-likeness (QED) is 0.838. The fraction of sp³-hybridized carbons (Fsp3) is 0.875. The van der Waals surface area contributed by atoms with Crippen molar-refractivity contribution in [3.8, 4) is 0 Å². The van der Waals surface area contributed by atoms with E-state index in [4.69, 9.17) is 5.11 Å². The molecule has 0 unspecified atom stereocenters. The number of carbonyl (C=O) groups is 2. The molecule has 0 radical (unpaired) electrons. The summed E-state index contributed by atoms with van der Waals surface area (Å²) in [6, 6.07) is 0.0658. The molecule has 2 amide bonds. The molecule has 1 saturated carbocycles. The molecule has 0 aromatic carbocycles. The summed E-state index contributed by atoms with van der Waals surface area (Å²) >= 11 is 0. The number of likely N-dealkylation sites (tertiary alicyclic amines) is 1. The number of carboxylic acid groups (broad SMARTS) is 1. The second-order valence-corrected chi connectivity index (χ2v) is 6.91. The van der Waals surface area contributed by atoms with Gasteiger partial charge in [-0.15, -0.1) is 0 Å². The third kappa shape index (κ3) is 4.90. The van der Waals surface area contributed by atoms with Gasteiger partial charge < -0.3 is 15.3 Å². The van der Waals surface area contributed by atoms with Gasteiger partial charge in [0.25, 0.3) is 0 Å². The van der Waals surface area contributed by atoms with Crippen LogP contribution in [0.1, 0.15) is 64.7 Å². The summed E-state index contributed by atoms with van der Waals surface area (Å²) < 4.78 is 0. The minimum Gasteiger partial charge on any atom is -0.481 e. The topological polar surface area (TPSA) is 69.6 Å². The summed E-state index contributed by atoms with van der Waals surface area (Å²) in [5.74, 6) is -0.268. The third-order valence-corrected chi connectivity index (χ3v) is 5.03. The molecule has 1 heterocycles. The van der Waals surface area contributed by atoms with E-state index in [-0.39, 0.29) is 18.0 Å². The summed E-state index contributed by atoms with van der Waals surface area (Å²) in [6.07, 6.45) is 8.68.